The molecule has 4 nitrogen and oxygen atoms in total. The van der Waals surface area contributed by atoms with E-state index in [0.717, 1.165) is 11.0 Å². The monoisotopic (exact) mass is 272 g/mol. The van der Waals surface area contributed by atoms with Gasteiger partial charge in [0.2, 0.25) is 11.8 Å². The second kappa shape index (κ2) is 4.56. The maximum Gasteiger partial charge on any atom is 0.418 e. The molecular formula is C12H11F3N2O2. The summed E-state index contributed by atoms with van der Waals surface area (Å²) in [5, 5.41) is 0. The molecule has 0 spiro atoms. The van der Waals surface area contributed by atoms with E-state index in [1.807, 2.05) is 0 Å². The zero-order chi connectivity index (χ0) is 14.2. The van der Waals surface area contributed by atoms with Gasteiger partial charge in [0.05, 0.1) is 17.2 Å². The zero-order valence-electron chi connectivity index (χ0n) is 9.78. The molecule has 0 saturated carbocycles. The minimum Gasteiger partial charge on any atom is -0.369 e. The highest BCUT2D eigenvalue weighted by molar-refractivity contribution is 6.00. The van der Waals surface area contributed by atoms with Crippen LogP contribution in [0.15, 0.2) is 24.3 Å². The highest BCUT2D eigenvalue weighted by atomic mass is 19.4. The molecule has 1 aliphatic rings. The fourth-order valence-corrected chi connectivity index (χ4v) is 2.08. The Hall–Kier alpha value is -2.05. The Balaban J connectivity index is 2.38. The van der Waals surface area contributed by atoms with Gasteiger partial charge < -0.3 is 10.6 Å². The van der Waals surface area contributed by atoms with Crippen molar-refractivity contribution in [1.82, 2.24) is 0 Å². The van der Waals surface area contributed by atoms with Crippen molar-refractivity contribution in [2.24, 2.45) is 11.7 Å². The Kier molecular flexibility index (Phi) is 3.21. The summed E-state index contributed by atoms with van der Waals surface area (Å²) in [6.07, 6.45) is -4.71. The van der Waals surface area contributed by atoms with Gasteiger partial charge in [0, 0.05) is 13.0 Å². The Morgan fingerprint density at radius 2 is 1.95 bits per heavy atom. The van der Waals surface area contributed by atoms with Crippen LogP contribution in [0.4, 0.5) is 18.9 Å². The largest absolute Gasteiger partial charge is 0.418 e. The first-order chi connectivity index (χ1) is 8.80. The third-order valence-electron chi connectivity index (χ3n) is 3.03. The molecule has 1 aromatic carbocycles. The highest BCUT2D eigenvalue weighted by Gasteiger charge is 2.40. The number of nitrogens with two attached hydrogens (primary N) is 1. The third kappa shape index (κ3) is 2.54. The Bertz CT molecular complexity index is 528. The van der Waals surface area contributed by atoms with Gasteiger partial charge in [-0.1, -0.05) is 12.1 Å². The number of amides is 2. The van der Waals surface area contributed by atoms with Crippen LogP contribution in [-0.2, 0) is 15.8 Å². The highest BCUT2D eigenvalue weighted by Crippen LogP contribution is 2.38. The molecule has 2 rings (SSSR count). The van der Waals surface area contributed by atoms with E-state index in [0.29, 0.717) is 0 Å². The van der Waals surface area contributed by atoms with Crippen molar-refractivity contribution in [1.29, 1.82) is 0 Å². The number of hydrogen-bond acceptors (Lipinski definition) is 2. The number of anilines is 1. The second-order valence-electron chi connectivity index (χ2n) is 4.32. The van der Waals surface area contributed by atoms with Gasteiger partial charge in [-0.25, -0.2) is 0 Å². The smallest absolute Gasteiger partial charge is 0.369 e. The average molecular weight is 272 g/mol. The summed E-state index contributed by atoms with van der Waals surface area (Å²) in [4.78, 5) is 23.7. The van der Waals surface area contributed by atoms with Crippen molar-refractivity contribution in [3.63, 3.8) is 0 Å². The Morgan fingerprint density at radius 3 is 2.47 bits per heavy atom. The summed E-state index contributed by atoms with van der Waals surface area (Å²) in [6, 6.07) is 4.78. The molecular weight excluding hydrogens is 261 g/mol. The molecule has 1 aromatic rings. The van der Waals surface area contributed by atoms with Gasteiger partial charge in [-0.3, -0.25) is 9.59 Å². The fourth-order valence-electron chi connectivity index (χ4n) is 2.08. The molecule has 0 bridgehead atoms. The van der Waals surface area contributed by atoms with Crippen molar-refractivity contribution in [2.75, 3.05) is 11.4 Å². The molecule has 1 heterocycles. The SMILES string of the molecule is NC(=O)C1CC(=O)N(c2ccccc2C(F)(F)F)C1. The van der Waals surface area contributed by atoms with E-state index in [1.54, 1.807) is 0 Å². The first-order valence-electron chi connectivity index (χ1n) is 5.56. The first kappa shape index (κ1) is 13.4. The fraction of sp³-hybridized carbons (Fsp3) is 0.333. The van der Waals surface area contributed by atoms with Crippen molar-refractivity contribution in [2.45, 2.75) is 12.6 Å². The van der Waals surface area contributed by atoms with Crippen LogP contribution >= 0.6 is 0 Å². The summed E-state index contributed by atoms with van der Waals surface area (Å²) in [6.45, 7) is -0.110. The number of halogens is 3. The molecule has 1 unspecified atom stereocenters. The zero-order valence-corrected chi connectivity index (χ0v) is 9.78. The van der Waals surface area contributed by atoms with Gasteiger partial charge >= 0.3 is 6.18 Å². The van der Waals surface area contributed by atoms with Crippen LogP contribution in [0.1, 0.15) is 12.0 Å². The molecule has 0 aromatic heterocycles. The number of carbonyl (C=O) groups is 2. The number of primary amides is 1. The number of alkyl halides is 3. The molecule has 1 atom stereocenters. The predicted octanol–water partition coefficient (Wildman–Crippen LogP) is 1.54. The molecule has 2 N–H and O–H groups in total. The quantitative estimate of drug-likeness (QED) is 0.887. The van der Waals surface area contributed by atoms with E-state index in [2.05, 4.69) is 0 Å². The van der Waals surface area contributed by atoms with Crippen molar-refractivity contribution in [3.05, 3.63) is 29.8 Å². The summed E-state index contributed by atoms with van der Waals surface area (Å²) in [5.74, 6) is -1.95. The van der Waals surface area contributed by atoms with Crippen molar-refractivity contribution < 1.29 is 22.8 Å². The maximum atomic E-state index is 12.9. The van der Waals surface area contributed by atoms with E-state index in [9.17, 15) is 22.8 Å². The first-order valence-corrected chi connectivity index (χ1v) is 5.56. The van der Waals surface area contributed by atoms with Crippen LogP contribution < -0.4 is 10.6 Å². The summed E-state index contributed by atoms with van der Waals surface area (Å²) in [5.41, 5.74) is 3.96. The summed E-state index contributed by atoms with van der Waals surface area (Å²) >= 11 is 0. The van der Waals surface area contributed by atoms with Gasteiger partial charge in [0.1, 0.15) is 0 Å². The molecule has 1 saturated heterocycles. The van der Waals surface area contributed by atoms with Crippen molar-refractivity contribution in [3.8, 4) is 0 Å². The number of para-hydroxylation sites is 1. The Labute approximate surface area is 107 Å². The van der Waals surface area contributed by atoms with Crippen LogP contribution in [0.5, 0.6) is 0 Å². The lowest BCUT2D eigenvalue weighted by Crippen LogP contribution is -2.30. The van der Waals surface area contributed by atoms with Crippen LogP contribution in [0, 0.1) is 5.92 Å². The standard InChI is InChI=1S/C12H11F3N2O2/c13-12(14,15)8-3-1-2-4-9(8)17-6-7(11(16)19)5-10(17)18/h1-4,7H,5-6H2,(H2,16,19). The van der Waals surface area contributed by atoms with E-state index in [-0.39, 0.29) is 18.7 Å². The van der Waals surface area contributed by atoms with Gasteiger partial charge in [0.25, 0.3) is 0 Å². The number of carbonyl (C=O) groups excluding carboxylic acids is 2. The van der Waals surface area contributed by atoms with Crippen molar-refractivity contribution >= 4 is 17.5 Å². The summed E-state index contributed by atoms with van der Waals surface area (Å²) in [7, 11) is 0. The van der Waals surface area contributed by atoms with Gasteiger partial charge in [0.15, 0.2) is 0 Å². The molecule has 1 aliphatic heterocycles. The lowest BCUT2D eigenvalue weighted by Gasteiger charge is -2.21. The number of hydrogen-bond donors (Lipinski definition) is 1. The van der Waals surface area contributed by atoms with Crippen LogP contribution in [0.3, 0.4) is 0 Å². The van der Waals surface area contributed by atoms with E-state index < -0.39 is 29.5 Å². The molecule has 1 fully saturated rings. The molecule has 0 radical (unpaired) electrons. The average Bonchev–Trinajstić information content (AvgIpc) is 2.70. The van der Waals surface area contributed by atoms with Crippen LogP contribution in [0.2, 0.25) is 0 Å². The van der Waals surface area contributed by atoms with Gasteiger partial charge in [-0.05, 0) is 12.1 Å². The Morgan fingerprint density at radius 1 is 1.32 bits per heavy atom. The lowest BCUT2D eigenvalue weighted by molar-refractivity contribution is -0.137. The molecule has 2 amide bonds. The number of benzene rings is 1. The van der Waals surface area contributed by atoms with Crippen LogP contribution in [-0.4, -0.2) is 18.4 Å². The van der Waals surface area contributed by atoms with E-state index >= 15 is 0 Å². The molecule has 19 heavy (non-hydrogen) atoms. The van der Waals surface area contributed by atoms with Crippen LogP contribution in [0.25, 0.3) is 0 Å². The molecule has 102 valence electrons. The van der Waals surface area contributed by atoms with E-state index in [1.165, 1.54) is 18.2 Å². The molecule has 0 aliphatic carbocycles. The number of nitrogens with zero attached hydrogens (tertiary/aromatic N) is 1. The van der Waals surface area contributed by atoms with Gasteiger partial charge in [-0.2, -0.15) is 13.2 Å². The third-order valence-corrected chi connectivity index (χ3v) is 3.03. The normalized spacial score (nSPS) is 19.8. The minimum atomic E-state index is -4.55. The minimum absolute atomic E-state index is 0.110. The topological polar surface area (TPSA) is 63.4 Å². The predicted molar refractivity (Wildman–Crippen MR) is 61.1 cm³/mol. The summed E-state index contributed by atoms with van der Waals surface area (Å²) < 4.78 is 38.6. The lowest BCUT2D eigenvalue weighted by atomic mass is 10.1. The number of rotatable bonds is 2. The van der Waals surface area contributed by atoms with Gasteiger partial charge in [-0.15, -0.1) is 0 Å². The molecule has 7 heteroatoms. The maximum absolute atomic E-state index is 12.9. The van der Waals surface area contributed by atoms with E-state index in [4.69, 9.17) is 5.73 Å². The second-order valence-corrected chi connectivity index (χ2v) is 4.32.